The Hall–Kier alpha value is -0.160. The van der Waals surface area contributed by atoms with Crippen LogP contribution >= 0.6 is 0 Å². The van der Waals surface area contributed by atoms with Crippen molar-refractivity contribution in [1.82, 2.24) is 15.8 Å². The van der Waals surface area contributed by atoms with E-state index in [-0.39, 0.29) is 6.61 Å². The second-order valence-corrected chi connectivity index (χ2v) is 2.73. The van der Waals surface area contributed by atoms with Crippen LogP contribution in [-0.4, -0.2) is 50.3 Å². The molecule has 0 fully saturated rings. The van der Waals surface area contributed by atoms with Crippen LogP contribution in [0.2, 0.25) is 0 Å². The molecule has 68 valence electrons. The van der Waals surface area contributed by atoms with E-state index in [1.54, 1.807) is 0 Å². The molecule has 0 saturated heterocycles. The minimum atomic E-state index is 0.181. The molecule has 0 aromatic heterocycles. The zero-order valence-electron chi connectivity index (χ0n) is 7.43. The SMILES string of the molecule is CN(C)CCCNNCCO. The normalized spacial score (nSPS) is 10.9. The van der Waals surface area contributed by atoms with Crippen molar-refractivity contribution >= 4 is 0 Å². The highest BCUT2D eigenvalue weighted by Crippen LogP contribution is 1.78. The van der Waals surface area contributed by atoms with E-state index < -0.39 is 0 Å². The zero-order valence-corrected chi connectivity index (χ0v) is 7.43. The van der Waals surface area contributed by atoms with E-state index in [1.165, 1.54) is 0 Å². The van der Waals surface area contributed by atoms with Crippen molar-refractivity contribution in [2.24, 2.45) is 0 Å². The summed E-state index contributed by atoms with van der Waals surface area (Å²) < 4.78 is 0. The number of nitrogens with one attached hydrogen (secondary N) is 2. The van der Waals surface area contributed by atoms with Crippen molar-refractivity contribution < 1.29 is 5.11 Å². The fraction of sp³-hybridized carbons (Fsp3) is 1.00. The largest absolute Gasteiger partial charge is 0.395 e. The van der Waals surface area contributed by atoms with Gasteiger partial charge in [0.1, 0.15) is 0 Å². The van der Waals surface area contributed by atoms with Gasteiger partial charge in [-0.05, 0) is 27.1 Å². The molecule has 0 rings (SSSR count). The smallest absolute Gasteiger partial charge is 0.0569 e. The molecule has 3 N–H and O–H groups in total. The molecule has 0 aliphatic heterocycles. The number of nitrogens with zero attached hydrogens (tertiary/aromatic N) is 1. The van der Waals surface area contributed by atoms with Gasteiger partial charge in [-0.25, -0.2) is 0 Å². The summed E-state index contributed by atoms with van der Waals surface area (Å²) in [5.74, 6) is 0. The van der Waals surface area contributed by atoms with Gasteiger partial charge in [0.15, 0.2) is 0 Å². The maximum absolute atomic E-state index is 8.40. The highest BCUT2D eigenvalue weighted by atomic mass is 16.3. The predicted octanol–water partition coefficient (Wildman–Crippen LogP) is -0.975. The average Bonchev–Trinajstić information content (AvgIpc) is 1.96. The molecule has 0 radical (unpaired) electrons. The van der Waals surface area contributed by atoms with Crippen LogP contribution in [0, 0.1) is 0 Å². The van der Waals surface area contributed by atoms with Crippen molar-refractivity contribution in [2.45, 2.75) is 6.42 Å². The Bertz CT molecular complexity index is 78.1. The van der Waals surface area contributed by atoms with Gasteiger partial charge in [0.05, 0.1) is 6.61 Å². The topological polar surface area (TPSA) is 47.5 Å². The van der Waals surface area contributed by atoms with Crippen molar-refractivity contribution in [1.29, 1.82) is 0 Å². The van der Waals surface area contributed by atoms with Gasteiger partial charge in [0.25, 0.3) is 0 Å². The van der Waals surface area contributed by atoms with Gasteiger partial charge in [-0.1, -0.05) is 0 Å². The van der Waals surface area contributed by atoms with E-state index in [4.69, 9.17) is 5.11 Å². The molecule has 0 amide bonds. The Kier molecular flexibility index (Phi) is 7.83. The molecule has 0 aliphatic carbocycles. The lowest BCUT2D eigenvalue weighted by molar-refractivity contribution is 0.281. The van der Waals surface area contributed by atoms with Crippen LogP contribution < -0.4 is 10.9 Å². The monoisotopic (exact) mass is 161 g/mol. The first-order valence-corrected chi connectivity index (χ1v) is 3.98. The van der Waals surface area contributed by atoms with E-state index in [0.29, 0.717) is 6.54 Å². The first kappa shape index (κ1) is 10.8. The predicted molar refractivity (Wildman–Crippen MR) is 46.3 cm³/mol. The second kappa shape index (κ2) is 7.94. The van der Waals surface area contributed by atoms with E-state index in [1.807, 2.05) is 0 Å². The van der Waals surface area contributed by atoms with Crippen molar-refractivity contribution in [3.05, 3.63) is 0 Å². The quantitative estimate of drug-likeness (QED) is 0.332. The summed E-state index contributed by atoms with van der Waals surface area (Å²) in [6, 6.07) is 0. The lowest BCUT2D eigenvalue weighted by Gasteiger charge is -2.09. The van der Waals surface area contributed by atoms with E-state index in [9.17, 15) is 0 Å². The van der Waals surface area contributed by atoms with Crippen LogP contribution in [0.5, 0.6) is 0 Å². The summed E-state index contributed by atoms with van der Waals surface area (Å²) in [4.78, 5) is 2.15. The fourth-order valence-electron chi connectivity index (χ4n) is 0.716. The molecule has 0 aromatic rings. The zero-order chi connectivity index (χ0) is 8.53. The number of aliphatic hydroxyl groups excluding tert-OH is 1. The number of aliphatic hydroxyl groups is 1. The van der Waals surface area contributed by atoms with Crippen LogP contribution in [0.1, 0.15) is 6.42 Å². The number of hydrogen-bond acceptors (Lipinski definition) is 4. The van der Waals surface area contributed by atoms with E-state index in [2.05, 4.69) is 29.8 Å². The lowest BCUT2D eigenvalue weighted by atomic mass is 10.4. The van der Waals surface area contributed by atoms with Crippen LogP contribution in [-0.2, 0) is 0 Å². The molecular formula is C7H19N3O. The molecule has 0 aliphatic rings. The van der Waals surface area contributed by atoms with Crippen LogP contribution in [0.4, 0.5) is 0 Å². The Balaban J connectivity index is 2.80. The summed E-state index contributed by atoms with van der Waals surface area (Å²) in [6.07, 6.45) is 1.12. The molecule has 11 heavy (non-hydrogen) atoms. The Morgan fingerprint density at radius 3 is 2.36 bits per heavy atom. The molecule has 0 saturated carbocycles. The summed E-state index contributed by atoms with van der Waals surface area (Å²) in [5.41, 5.74) is 5.90. The van der Waals surface area contributed by atoms with Crippen molar-refractivity contribution in [3.63, 3.8) is 0 Å². The Morgan fingerprint density at radius 1 is 1.18 bits per heavy atom. The number of hydrazine groups is 1. The van der Waals surface area contributed by atoms with Gasteiger partial charge >= 0.3 is 0 Å². The molecule has 0 bridgehead atoms. The molecule has 0 heterocycles. The third-order valence-electron chi connectivity index (χ3n) is 1.27. The first-order valence-electron chi connectivity index (χ1n) is 3.98. The van der Waals surface area contributed by atoms with Crippen LogP contribution in [0.25, 0.3) is 0 Å². The van der Waals surface area contributed by atoms with Gasteiger partial charge in [-0.3, -0.25) is 10.9 Å². The summed E-state index contributed by atoms with van der Waals surface area (Å²) in [6.45, 7) is 2.83. The Morgan fingerprint density at radius 2 is 1.82 bits per heavy atom. The molecule has 0 atom stereocenters. The van der Waals surface area contributed by atoms with Gasteiger partial charge in [-0.15, -0.1) is 0 Å². The van der Waals surface area contributed by atoms with Gasteiger partial charge in [0, 0.05) is 13.1 Å². The molecule has 0 spiro atoms. The summed E-state index contributed by atoms with van der Waals surface area (Å²) >= 11 is 0. The van der Waals surface area contributed by atoms with Gasteiger partial charge < -0.3 is 10.0 Å². The molecule has 0 unspecified atom stereocenters. The molecule has 4 heteroatoms. The summed E-state index contributed by atoms with van der Waals surface area (Å²) in [5, 5.41) is 8.40. The Labute approximate surface area is 68.6 Å². The maximum Gasteiger partial charge on any atom is 0.0569 e. The lowest BCUT2D eigenvalue weighted by Crippen LogP contribution is -2.35. The molecule has 4 nitrogen and oxygen atoms in total. The van der Waals surface area contributed by atoms with Gasteiger partial charge in [0.2, 0.25) is 0 Å². The average molecular weight is 161 g/mol. The van der Waals surface area contributed by atoms with Crippen molar-refractivity contribution in [3.8, 4) is 0 Å². The minimum absolute atomic E-state index is 0.181. The standard InChI is InChI=1S/C7H19N3O/c1-10(2)6-3-4-8-9-5-7-11/h8-9,11H,3-7H2,1-2H3. The highest BCUT2D eigenvalue weighted by molar-refractivity contribution is 4.46. The number of rotatable bonds is 7. The van der Waals surface area contributed by atoms with E-state index >= 15 is 0 Å². The third-order valence-corrected chi connectivity index (χ3v) is 1.27. The molecule has 0 aromatic carbocycles. The second-order valence-electron chi connectivity index (χ2n) is 2.73. The van der Waals surface area contributed by atoms with E-state index in [0.717, 1.165) is 19.5 Å². The maximum atomic E-state index is 8.40. The summed E-state index contributed by atoms with van der Waals surface area (Å²) in [7, 11) is 4.11. The van der Waals surface area contributed by atoms with Crippen molar-refractivity contribution in [2.75, 3.05) is 40.3 Å². The number of hydrogen-bond donors (Lipinski definition) is 3. The van der Waals surface area contributed by atoms with Gasteiger partial charge in [-0.2, -0.15) is 0 Å². The third kappa shape index (κ3) is 9.84. The molecular weight excluding hydrogens is 142 g/mol. The minimum Gasteiger partial charge on any atom is -0.395 e. The van der Waals surface area contributed by atoms with Crippen LogP contribution in [0.3, 0.4) is 0 Å². The highest BCUT2D eigenvalue weighted by Gasteiger charge is 1.88. The fourth-order valence-corrected chi connectivity index (χ4v) is 0.716. The first-order chi connectivity index (χ1) is 5.27. The van der Waals surface area contributed by atoms with Crippen LogP contribution in [0.15, 0.2) is 0 Å².